The summed E-state index contributed by atoms with van der Waals surface area (Å²) >= 11 is 0. The van der Waals surface area contributed by atoms with E-state index in [4.69, 9.17) is 9.72 Å². The van der Waals surface area contributed by atoms with Crippen LogP contribution in [-0.2, 0) is 11.3 Å². The third kappa shape index (κ3) is 5.49. The first-order valence-corrected chi connectivity index (χ1v) is 13.7. The van der Waals surface area contributed by atoms with Crippen molar-refractivity contribution in [3.8, 4) is 5.69 Å². The molecule has 9 nitrogen and oxygen atoms in total. The van der Waals surface area contributed by atoms with Crippen molar-refractivity contribution in [1.82, 2.24) is 29.7 Å². The van der Waals surface area contributed by atoms with Gasteiger partial charge in [-0.25, -0.2) is 18.7 Å². The van der Waals surface area contributed by atoms with Crippen molar-refractivity contribution in [1.29, 1.82) is 0 Å². The van der Waals surface area contributed by atoms with Crippen LogP contribution >= 0.6 is 0 Å². The largest absolute Gasteiger partial charge is 0.379 e. The van der Waals surface area contributed by atoms with Gasteiger partial charge in [-0.3, -0.25) is 4.90 Å². The Morgan fingerprint density at radius 1 is 1.02 bits per heavy atom. The Labute approximate surface area is 232 Å². The van der Waals surface area contributed by atoms with E-state index in [0.717, 1.165) is 35.5 Å². The van der Waals surface area contributed by atoms with E-state index in [0.29, 0.717) is 55.7 Å². The van der Waals surface area contributed by atoms with Crippen molar-refractivity contribution < 1.29 is 13.5 Å². The topological polar surface area (TPSA) is 83.4 Å². The van der Waals surface area contributed by atoms with Crippen molar-refractivity contribution in [2.24, 2.45) is 0 Å². The maximum absolute atomic E-state index is 15.1. The fourth-order valence-corrected chi connectivity index (χ4v) is 5.65. The molecule has 11 heteroatoms. The molecule has 2 N–H and O–H groups in total. The van der Waals surface area contributed by atoms with Crippen molar-refractivity contribution in [2.45, 2.75) is 39.4 Å². The molecule has 2 unspecified atom stereocenters. The van der Waals surface area contributed by atoms with Gasteiger partial charge < -0.3 is 24.8 Å². The van der Waals surface area contributed by atoms with Gasteiger partial charge in [0, 0.05) is 68.2 Å². The van der Waals surface area contributed by atoms with Crippen molar-refractivity contribution >= 4 is 28.5 Å². The van der Waals surface area contributed by atoms with Crippen LogP contribution in [0.25, 0.3) is 16.7 Å². The Balaban J connectivity index is 1.23. The lowest BCUT2D eigenvalue weighted by Gasteiger charge is -2.37. The second kappa shape index (κ2) is 11.1. The normalized spacial score (nSPS) is 20.3. The van der Waals surface area contributed by atoms with Crippen molar-refractivity contribution in [3.05, 3.63) is 65.6 Å². The molecule has 1 aromatic carbocycles. The molecule has 3 aromatic heterocycles. The van der Waals surface area contributed by atoms with Gasteiger partial charge in [-0.05, 0) is 50.6 Å². The van der Waals surface area contributed by atoms with E-state index in [-0.39, 0.29) is 12.1 Å². The smallest absolute Gasteiger partial charge is 0.229 e. The lowest BCUT2D eigenvalue weighted by Crippen LogP contribution is -2.54. The maximum atomic E-state index is 15.1. The molecule has 0 aliphatic carbocycles. The molecule has 0 amide bonds. The van der Waals surface area contributed by atoms with Gasteiger partial charge in [0.2, 0.25) is 5.95 Å². The molecule has 2 saturated heterocycles. The maximum Gasteiger partial charge on any atom is 0.229 e. The van der Waals surface area contributed by atoms with Gasteiger partial charge in [-0.2, -0.15) is 4.98 Å². The summed E-state index contributed by atoms with van der Waals surface area (Å²) in [5.41, 5.74) is 2.79. The molecule has 0 spiro atoms. The Morgan fingerprint density at radius 3 is 2.45 bits per heavy atom. The second-order valence-electron chi connectivity index (χ2n) is 10.8. The van der Waals surface area contributed by atoms with Crippen LogP contribution in [0.2, 0.25) is 0 Å². The molecule has 4 aromatic rings. The number of halogens is 2. The first kappa shape index (κ1) is 26.5. The predicted molar refractivity (Wildman–Crippen MR) is 151 cm³/mol. The minimum atomic E-state index is -0.578. The predicted octanol–water partition coefficient (Wildman–Crippen LogP) is 4.16. The lowest BCUT2D eigenvalue weighted by atomic mass is 10.1. The Bertz CT molecular complexity index is 1490. The van der Waals surface area contributed by atoms with Crippen LogP contribution in [0.5, 0.6) is 0 Å². The number of hydrogen-bond acceptors (Lipinski definition) is 8. The van der Waals surface area contributed by atoms with Crippen LogP contribution in [0.15, 0.2) is 42.9 Å². The van der Waals surface area contributed by atoms with E-state index in [2.05, 4.69) is 39.3 Å². The number of nitrogens with zero attached hydrogens (tertiary/aromatic N) is 6. The summed E-state index contributed by atoms with van der Waals surface area (Å²) < 4.78 is 37.2. The fraction of sp³-hybridized carbons (Fsp3) is 0.414. The highest BCUT2D eigenvalue weighted by atomic mass is 19.1. The first-order valence-electron chi connectivity index (χ1n) is 13.7. The van der Waals surface area contributed by atoms with E-state index in [1.54, 1.807) is 23.2 Å². The standard InChI is InChI=1S/C29H34F2N8O/c1-18-10-22(14-32-27(18)38-15-19(2)34-20(3)16-38)35-29-33-13-21-4-5-39(28(21)36-29)23-11-25(30)24(26(31)12-23)17-37-6-8-40-9-7-37/h4-5,10-14,19-20,34H,6-9,15-17H2,1-3H3,(H,33,35,36). The summed E-state index contributed by atoms with van der Waals surface area (Å²) in [7, 11) is 0. The number of aryl methyl sites for hydroxylation is 1. The molecule has 0 bridgehead atoms. The molecule has 0 radical (unpaired) electrons. The molecule has 5 heterocycles. The van der Waals surface area contributed by atoms with Gasteiger partial charge in [0.25, 0.3) is 0 Å². The molecule has 2 aliphatic rings. The molecule has 2 fully saturated rings. The number of nitrogens with one attached hydrogen (secondary N) is 2. The average Bonchev–Trinajstić information content (AvgIpc) is 3.34. The highest BCUT2D eigenvalue weighted by Crippen LogP contribution is 2.27. The summed E-state index contributed by atoms with van der Waals surface area (Å²) in [6, 6.07) is 7.36. The Morgan fingerprint density at radius 2 is 1.75 bits per heavy atom. The number of ether oxygens (including phenoxy) is 1. The molecule has 0 saturated carbocycles. The Kier molecular flexibility index (Phi) is 7.35. The molecular weight excluding hydrogens is 514 g/mol. The van der Waals surface area contributed by atoms with Gasteiger partial charge in [0.1, 0.15) is 23.1 Å². The number of aromatic nitrogens is 4. The van der Waals surface area contributed by atoms with Crippen LogP contribution < -0.4 is 15.5 Å². The number of rotatable bonds is 6. The van der Waals surface area contributed by atoms with Crippen LogP contribution in [0.4, 0.5) is 26.2 Å². The van der Waals surface area contributed by atoms with E-state index in [1.807, 2.05) is 24.0 Å². The lowest BCUT2D eigenvalue weighted by molar-refractivity contribution is 0.0332. The van der Waals surface area contributed by atoms with E-state index in [1.165, 1.54) is 12.1 Å². The zero-order valence-corrected chi connectivity index (χ0v) is 23.0. The van der Waals surface area contributed by atoms with E-state index < -0.39 is 11.6 Å². The van der Waals surface area contributed by atoms with E-state index in [9.17, 15) is 0 Å². The number of morpholine rings is 1. The SMILES string of the molecule is Cc1cc(Nc2ncc3ccn(-c4cc(F)c(CN5CCOCC5)c(F)c4)c3n2)cnc1N1CC(C)NC(C)C1. The van der Waals surface area contributed by atoms with Gasteiger partial charge >= 0.3 is 0 Å². The fourth-order valence-electron chi connectivity index (χ4n) is 5.65. The molecule has 2 aliphatic heterocycles. The van der Waals surface area contributed by atoms with E-state index >= 15 is 8.78 Å². The van der Waals surface area contributed by atoms with Crippen LogP contribution in [0, 0.1) is 18.6 Å². The number of benzene rings is 1. The van der Waals surface area contributed by atoms with Gasteiger partial charge in [0.05, 0.1) is 30.8 Å². The number of piperazine rings is 1. The van der Waals surface area contributed by atoms with Crippen LogP contribution in [0.1, 0.15) is 25.0 Å². The molecule has 40 heavy (non-hydrogen) atoms. The van der Waals surface area contributed by atoms with Gasteiger partial charge in [0.15, 0.2) is 0 Å². The highest BCUT2D eigenvalue weighted by molar-refractivity contribution is 5.79. The third-order valence-corrected chi connectivity index (χ3v) is 7.48. The highest BCUT2D eigenvalue weighted by Gasteiger charge is 2.23. The zero-order chi connectivity index (χ0) is 27.8. The monoisotopic (exact) mass is 548 g/mol. The molecule has 2 atom stereocenters. The van der Waals surface area contributed by atoms with Crippen molar-refractivity contribution in [2.75, 3.05) is 49.6 Å². The number of fused-ring (bicyclic) bond motifs is 1. The number of pyridine rings is 1. The summed E-state index contributed by atoms with van der Waals surface area (Å²) in [5.74, 6) is 0.184. The van der Waals surface area contributed by atoms with Gasteiger partial charge in [-0.15, -0.1) is 0 Å². The summed E-state index contributed by atoms with van der Waals surface area (Å²) in [4.78, 5) is 18.2. The molecule has 210 valence electrons. The minimum Gasteiger partial charge on any atom is -0.379 e. The quantitative estimate of drug-likeness (QED) is 0.372. The first-order chi connectivity index (χ1) is 19.3. The average molecular weight is 549 g/mol. The molecule has 6 rings (SSSR count). The number of anilines is 3. The van der Waals surface area contributed by atoms with Crippen molar-refractivity contribution in [3.63, 3.8) is 0 Å². The third-order valence-electron chi connectivity index (χ3n) is 7.48. The molecular formula is C29H34F2N8O. The zero-order valence-electron chi connectivity index (χ0n) is 23.0. The second-order valence-corrected chi connectivity index (χ2v) is 10.8. The summed E-state index contributed by atoms with van der Waals surface area (Å²) in [6.45, 7) is 10.9. The summed E-state index contributed by atoms with van der Waals surface area (Å²) in [6.07, 6.45) is 5.22. The van der Waals surface area contributed by atoms with Gasteiger partial charge in [-0.1, -0.05) is 0 Å². The minimum absolute atomic E-state index is 0.0649. The summed E-state index contributed by atoms with van der Waals surface area (Å²) in [5, 5.41) is 7.55. The van der Waals surface area contributed by atoms with Crippen LogP contribution in [0.3, 0.4) is 0 Å². The van der Waals surface area contributed by atoms with Crippen LogP contribution in [-0.4, -0.2) is 75.9 Å². The number of hydrogen-bond donors (Lipinski definition) is 2. The Hall–Kier alpha value is -3.67.